The van der Waals surface area contributed by atoms with Crippen molar-refractivity contribution in [2.75, 3.05) is 11.4 Å². The molecule has 1 aromatic carbocycles. The molecule has 2 atom stereocenters. The van der Waals surface area contributed by atoms with Crippen LogP contribution in [0.15, 0.2) is 36.5 Å². The van der Waals surface area contributed by atoms with Crippen LogP contribution < -0.4 is 4.90 Å². The summed E-state index contributed by atoms with van der Waals surface area (Å²) in [5, 5.41) is 22.0. The first-order valence-corrected chi connectivity index (χ1v) is 9.71. The molecule has 1 saturated heterocycles. The number of carbonyl (C=O) groups excluding carboxylic acids is 1. The molecule has 2 fully saturated rings. The maximum atomic E-state index is 14.8. The average molecular weight is 410 g/mol. The largest absolute Gasteiger partial charge is 0.441 e. The third-order valence-electron chi connectivity index (χ3n) is 5.24. The summed E-state index contributed by atoms with van der Waals surface area (Å²) in [6.45, 7) is 1.71. The Bertz CT molecular complexity index is 1100. The Hall–Kier alpha value is -3.40. The fourth-order valence-electron chi connectivity index (χ4n) is 3.33. The van der Waals surface area contributed by atoms with Crippen LogP contribution in [0, 0.1) is 5.82 Å². The minimum Gasteiger partial charge on any atom is -0.441 e. The topological polar surface area (TPSA) is 106 Å². The number of pyridine rings is 1. The van der Waals surface area contributed by atoms with Gasteiger partial charge in [0.25, 0.3) is 0 Å². The number of ether oxygens (including phenoxy) is 1. The zero-order valence-electron chi connectivity index (χ0n) is 16.1. The standard InChI is InChI=1S/C20H19FN6O3/c1-11(28)18-10-26(20(29)30-18)14-5-6-15(16(21)8-14)12-2-7-17(22-9-12)19-23-25-27(24-19)13-3-4-13/h2,5-9,11,13,18,28H,3-4,10H2,1H3. The molecule has 3 heterocycles. The van der Waals surface area contributed by atoms with Crippen molar-refractivity contribution in [2.45, 2.75) is 38.0 Å². The van der Waals surface area contributed by atoms with Gasteiger partial charge in [0.1, 0.15) is 17.6 Å². The number of aromatic nitrogens is 5. The van der Waals surface area contributed by atoms with Crippen LogP contribution in [0.2, 0.25) is 0 Å². The second-order valence-corrected chi connectivity index (χ2v) is 7.53. The van der Waals surface area contributed by atoms with E-state index in [4.69, 9.17) is 4.74 Å². The van der Waals surface area contributed by atoms with Gasteiger partial charge in [-0.15, -0.1) is 10.2 Å². The van der Waals surface area contributed by atoms with Crippen LogP contribution in [0.1, 0.15) is 25.8 Å². The smallest absolute Gasteiger partial charge is 0.414 e. The van der Waals surface area contributed by atoms with Crippen molar-refractivity contribution in [2.24, 2.45) is 0 Å². The molecule has 3 aromatic rings. The third kappa shape index (κ3) is 3.39. The van der Waals surface area contributed by atoms with Gasteiger partial charge in [-0.25, -0.2) is 9.18 Å². The van der Waals surface area contributed by atoms with Gasteiger partial charge in [0.15, 0.2) is 0 Å². The lowest BCUT2D eigenvalue weighted by Crippen LogP contribution is -2.29. The molecule has 9 nitrogen and oxygen atoms in total. The highest BCUT2D eigenvalue weighted by Crippen LogP contribution is 2.33. The minimum absolute atomic E-state index is 0.167. The van der Waals surface area contributed by atoms with Crippen molar-refractivity contribution in [3.8, 4) is 22.6 Å². The summed E-state index contributed by atoms with van der Waals surface area (Å²) < 4.78 is 19.9. The number of rotatable bonds is 5. The average Bonchev–Trinajstić information content (AvgIpc) is 3.33. The maximum Gasteiger partial charge on any atom is 0.414 e. The Balaban J connectivity index is 1.36. The molecule has 0 radical (unpaired) electrons. The highest BCUT2D eigenvalue weighted by molar-refractivity contribution is 5.90. The summed E-state index contributed by atoms with van der Waals surface area (Å²) in [5.41, 5.74) is 1.87. The van der Waals surface area contributed by atoms with E-state index in [1.54, 1.807) is 42.2 Å². The summed E-state index contributed by atoms with van der Waals surface area (Å²) in [6, 6.07) is 8.31. The number of hydrogen-bond acceptors (Lipinski definition) is 7. The first-order valence-electron chi connectivity index (χ1n) is 9.71. The number of nitrogens with zero attached hydrogens (tertiary/aromatic N) is 6. The summed E-state index contributed by atoms with van der Waals surface area (Å²) >= 11 is 0. The first-order chi connectivity index (χ1) is 14.5. The Morgan fingerprint density at radius 1 is 1.27 bits per heavy atom. The molecule has 1 saturated carbocycles. The predicted octanol–water partition coefficient (Wildman–Crippen LogP) is 2.58. The monoisotopic (exact) mass is 410 g/mol. The van der Waals surface area contributed by atoms with Crippen LogP contribution in [0.3, 0.4) is 0 Å². The lowest BCUT2D eigenvalue weighted by atomic mass is 10.1. The predicted molar refractivity (Wildman–Crippen MR) is 104 cm³/mol. The Labute approximate surface area is 171 Å². The molecule has 1 aliphatic carbocycles. The molecule has 2 unspecified atom stereocenters. The molecule has 10 heteroatoms. The molecule has 154 valence electrons. The van der Waals surface area contributed by atoms with Crippen molar-refractivity contribution in [1.29, 1.82) is 0 Å². The van der Waals surface area contributed by atoms with E-state index in [2.05, 4.69) is 20.4 Å². The number of amides is 1. The highest BCUT2D eigenvalue weighted by atomic mass is 19.1. The summed E-state index contributed by atoms with van der Waals surface area (Å²) in [6.07, 6.45) is 1.64. The maximum absolute atomic E-state index is 14.8. The summed E-state index contributed by atoms with van der Waals surface area (Å²) in [5.74, 6) is -0.0577. The number of anilines is 1. The lowest BCUT2D eigenvalue weighted by molar-refractivity contribution is 0.0437. The summed E-state index contributed by atoms with van der Waals surface area (Å²) in [7, 11) is 0. The molecule has 30 heavy (non-hydrogen) atoms. The first kappa shape index (κ1) is 18.6. The lowest BCUT2D eigenvalue weighted by Gasteiger charge is -2.15. The number of carbonyl (C=O) groups is 1. The van der Waals surface area contributed by atoms with Crippen LogP contribution in [0.5, 0.6) is 0 Å². The van der Waals surface area contributed by atoms with Crippen molar-refractivity contribution in [1.82, 2.24) is 25.2 Å². The van der Waals surface area contributed by atoms with Crippen LogP contribution in [-0.2, 0) is 4.74 Å². The van der Waals surface area contributed by atoms with E-state index in [1.807, 2.05) is 0 Å². The van der Waals surface area contributed by atoms with Crippen LogP contribution in [-0.4, -0.2) is 55.1 Å². The van der Waals surface area contributed by atoms with Gasteiger partial charge in [-0.2, -0.15) is 4.80 Å². The van der Waals surface area contributed by atoms with E-state index >= 15 is 0 Å². The van der Waals surface area contributed by atoms with Crippen molar-refractivity contribution in [3.63, 3.8) is 0 Å². The molecule has 0 spiro atoms. The minimum atomic E-state index is -0.798. The number of aliphatic hydroxyl groups is 1. The van der Waals surface area contributed by atoms with Gasteiger partial charge >= 0.3 is 6.09 Å². The number of halogens is 1. The van der Waals surface area contributed by atoms with E-state index in [9.17, 15) is 14.3 Å². The van der Waals surface area contributed by atoms with Gasteiger partial charge in [-0.3, -0.25) is 9.88 Å². The SMILES string of the molecule is CC(O)C1CN(c2ccc(-c3ccc(-c4nnn(C5CC5)n4)nc3)c(F)c2)C(=O)O1. The number of aliphatic hydroxyl groups excluding tert-OH is 1. The van der Waals surface area contributed by atoms with Gasteiger partial charge in [0.2, 0.25) is 5.82 Å². The molecule has 0 bridgehead atoms. The van der Waals surface area contributed by atoms with E-state index in [0.29, 0.717) is 34.4 Å². The fraction of sp³-hybridized carbons (Fsp3) is 0.350. The van der Waals surface area contributed by atoms with E-state index < -0.39 is 24.1 Å². The molecule has 5 rings (SSSR count). The molecular weight excluding hydrogens is 391 g/mol. The molecule has 2 aliphatic rings. The van der Waals surface area contributed by atoms with Gasteiger partial charge < -0.3 is 9.84 Å². The van der Waals surface area contributed by atoms with Gasteiger partial charge in [0.05, 0.1) is 24.4 Å². The number of cyclic esters (lactones) is 1. The second-order valence-electron chi connectivity index (χ2n) is 7.53. The quantitative estimate of drug-likeness (QED) is 0.689. The number of benzene rings is 1. The van der Waals surface area contributed by atoms with Gasteiger partial charge in [-0.05, 0) is 49.2 Å². The molecule has 1 aliphatic heterocycles. The van der Waals surface area contributed by atoms with Crippen molar-refractivity contribution < 1.29 is 19.0 Å². The van der Waals surface area contributed by atoms with Gasteiger partial charge in [-0.1, -0.05) is 6.07 Å². The van der Waals surface area contributed by atoms with Crippen molar-refractivity contribution >= 4 is 11.8 Å². The zero-order valence-corrected chi connectivity index (χ0v) is 16.1. The fourth-order valence-corrected chi connectivity index (χ4v) is 3.33. The molecule has 2 aromatic heterocycles. The molecule has 1 N–H and O–H groups in total. The van der Waals surface area contributed by atoms with Gasteiger partial charge in [0, 0.05) is 17.3 Å². The Morgan fingerprint density at radius 2 is 2.10 bits per heavy atom. The van der Waals surface area contributed by atoms with Crippen LogP contribution in [0.4, 0.5) is 14.9 Å². The normalized spacial score (nSPS) is 19.8. The summed E-state index contributed by atoms with van der Waals surface area (Å²) in [4.78, 5) is 19.3. The molecule has 1 amide bonds. The van der Waals surface area contributed by atoms with Crippen LogP contribution >= 0.6 is 0 Å². The van der Waals surface area contributed by atoms with Crippen LogP contribution in [0.25, 0.3) is 22.6 Å². The number of tetrazole rings is 1. The van der Waals surface area contributed by atoms with E-state index in [-0.39, 0.29) is 6.54 Å². The Kier molecular flexibility index (Phi) is 4.43. The Morgan fingerprint density at radius 3 is 2.73 bits per heavy atom. The number of hydrogen-bond donors (Lipinski definition) is 1. The third-order valence-corrected chi connectivity index (χ3v) is 5.24. The highest BCUT2D eigenvalue weighted by Gasteiger charge is 2.35. The zero-order chi connectivity index (χ0) is 20.8. The molecular formula is C20H19FN6O3. The van der Waals surface area contributed by atoms with Crippen molar-refractivity contribution in [3.05, 3.63) is 42.3 Å². The van der Waals surface area contributed by atoms with E-state index in [0.717, 1.165) is 12.8 Å². The van der Waals surface area contributed by atoms with E-state index in [1.165, 1.54) is 11.0 Å². The second kappa shape index (κ2) is 7.13.